The fourth-order valence-electron chi connectivity index (χ4n) is 8.00. The maximum Gasteiger partial charge on any atom is 0.312 e. The number of allylic oxidation sites excluding steroid dienone is 1. The molecule has 0 aromatic heterocycles. The summed E-state index contributed by atoms with van der Waals surface area (Å²) in [6.07, 6.45) is 6.48. The van der Waals surface area contributed by atoms with Crippen molar-refractivity contribution in [2.45, 2.75) is 90.4 Å². The van der Waals surface area contributed by atoms with Gasteiger partial charge in [0.1, 0.15) is 6.10 Å². The molecule has 0 unspecified atom stereocenters. The zero-order valence-corrected chi connectivity index (χ0v) is 20.3. The summed E-state index contributed by atoms with van der Waals surface area (Å²) in [6, 6.07) is 0. The minimum atomic E-state index is -2.03. The first-order chi connectivity index (χ1) is 15.4. The van der Waals surface area contributed by atoms with Crippen LogP contribution in [0.2, 0.25) is 0 Å². The lowest BCUT2D eigenvalue weighted by molar-refractivity contribution is -0.203. The molecule has 2 bridgehead atoms. The predicted octanol–water partition coefficient (Wildman–Crippen LogP) is 3.09. The Morgan fingerprint density at radius 3 is 2.45 bits per heavy atom. The van der Waals surface area contributed by atoms with E-state index < -0.39 is 41.2 Å². The first-order valence-corrected chi connectivity index (χ1v) is 12.6. The minimum Gasteiger partial charge on any atom is -0.454 e. The second-order valence-electron chi connectivity index (χ2n) is 12.3. The van der Waals surface area contributed by atoms with Gasteiger partial charge in [-0.2, -0.15) is 0 Å². The van der Waals surface area contributed by atoms with Crippen LogP contribution in [-0.4, -0.2) is 51.5 Å². The van der Waals surface area contributed by atoms with E-state index in [1.807, 2.05) is 6.92 Å². The van der Waals surface area contributed by atoms with Crippen molar-refractivity contribution in [3.8, 4) is 0 Å². The van der Waals surface area contributed by atoms with Gasteiger partial charge in [-0.15, -0.1) is 0 Å². The maximum absolute atomic E-state index is 14.1. The van der Waals surface area contributed by atoms with Crippen molar-refractivity contribution in [1.29, 1.82) is 0 Å². The summed E-state index contributed by atoms with van der Waals surface area (Å²) in [6.45, 7) is 7.55. The Morgan fingerprint density at radius 1 is 1.15 bits per heavy atom. The van der Waals surface area contributed by atoms with Gasteiger partial charge in [-0.3, -0.25) is 9.59 Å². The normalized spacial score (nSPS) is 45.1. The summed E-state index contributed by atoms with van der Waals surface area (Å²) >= 11 is 0. The van der Waals surface area contributed by atoms with Gasteiger partial charge in [-0.25, -0.2) is 0 Å². The van der Waals surface area contributed by atoms with Crippen molar-refractivity contribution >= 4 is 11.8 Å². The summed E-state index contributed by atoms with van der Waals surface area (Å²) in [5.41, 5.74) is -3.14. The van der Waals surface area contributed by atoms with Gasteiger partial charge in [0.15, 0.2) is 17.5 Å². The van der Waals surface area contributed by atoms with Gasteiger partial charge >= 0.3 is 5.97 Å². The molecule has 0 aromatic rings. The number of aliphatic hydroxyl groups excluding tert-OH is 2. The molecule has 5 aliphatic rings. The van der Waals surface area contributed by atoms with E-state index in [1.54, 1.807) is 19.1 Å². The summed E-state index contributed by atoms with van der Waals surface area (Å²) in [5.74, 6) is -0.507. The summed E-state index contributed by atoms with van der Waals surface area (Å²) in [5, 5.41) is 33.9. The largest absolute Gasteiger partial charge is 0.454 e. The zero-order valence-electron chi connectivity index (χ0n) is 20.3. The Balaban J connectivity index is 1.57. The molecule has 0 amide bonds. The molecule has 3 fully saturated rings. The molecular formula is C27H38O6. The monoisotopic (exact) mass is 458 g/mol. The van der Waals surface area contributed by atoms with E-state index >= 15 is 0 Å². The van der Waals surface area contributed by atoms with Crippen LogP contribution < -0.4 is 0 Å². The van der Waals surface area contributed by atoms with Crippen molar-refractivity contribution in [3.05, 3.63) is 23.3 Å². The van der Waals surface area contributed by atoms with Crippen molar-refractivity contribution in [2.75, 3.05) is 6.61 Å². The molecule has 33 heavy (non-hydrogen) atoms. The first-order valence-electron chi connectivity index (χ1n) is 12.6. The van der Waals surface area contributed by atoms with Gasteiger partial charge in [0.25, 0.3) is 0 Å². The Labute approximate surface area is 196 Å². The van der Waals surface area contributed by atoms with Crippen LogP contribution in [0.3, 0.4) is 0 Å². The van der Waals surface area contributed by atoms with E-state index in [0.29, 0.717) is 17.9 Å². The number of carbonyl (C=O) groups excluding carboxylic acids is 2. The molecule has 3 saturated carbocycles. The van der Waals surface area contributed by atoms with Crippen LogP contribution in [-0.2, 0) is 14.3 Å². The molecule has 1 spiro atoms. The number of ketones is 1. The number of rotatable bonds is 3. The Hall–Kier alpha value is -1.50. The van der Waals surface area contributed by atoms with Gasteiger partial charge < -0.3 is 20.1 Å². The molecule has 6 heteroatoms. The van der Waals surface area contributed by atoms with Gasteiger partial charge in [0.05, 0.1) is 17.4 Å². The lowest BCUT2D eigenvalue weighted by atomic mass is 9.63. The van der Waals surface area contributed by atoms with E-state index in [4.69, 9.17) is 4.74 Å². The molecule has 0 heterocycles. The highest BCUT2D eigenvalue weighted by atomic mass is 16.6. The van der Waals surface area contributed by atoms with Crippen LogP contribution in [0.4, 0.5) is 0 Å². The highest BCUT2D eigenvalue weighted by Crippen LogP contribution is 2.70. The van der Waals surface area contributed by atoms with Gasteiger partial charge in [-0.05, 0) is 67.9 Å². The topological polar surface area (TPSA) is 104 Å². The standard InChI is InChI=1S/C27H38O6/c1-15-13-26-11-8-18-19(24(18,2)3)17(21(26)30)12-16(14-28)20(29)27(26,32)22(15)33-23(31)25(4)9-6-5-7-10-25/h12-13,17-20,22,28-29,32H,5-11,14H2,1-4H3/t17-,18+,19-,20+,22-,26+,27-/m0/s1. The van der Waals surface area contributed by atoms with Crippen LogP contribution in [0, 0.1) is 34.0 Å². The van der Waals surface area contributed by atoms with E-state index in [0.717, 1.165) is 38.5 Å². The molecule has 3 N–H and O–H groups in total. The van der Waals surface area contributed by atoms with Gasteiger partial charge in [0.2, 0.25) is 0 Å². The number of esters is 1. The number of fused-ring (bicyclic) bond motifs is 3. The molecule has 0 aromatic carbocycles. The average molecular weight is 459 g/mol. The van der Waals surface area contributed by atoms with Crippen LogP contribution >= 0.6 is 0 Å². The summed E-state index contributed by atoms with van der Waals surface area (Å²) < 4.78 is 6.03. The molecular weight excluding hydrogens is 420 g/mol. The number of hydrogen-bond donors (Lipinski definition) is 3. The first kappa shape index (κ1) is 23.3. The van der Waals surface area contributed by atoms with Crippen LogP contribution in [0.5, 0.6) is 0 Å². The Bertz CT molecular complexity index is 940. The second-order valence-corrected chi connectivity index (χ2v) is 12.3. The molecule has 5 rings (SSSR count). The predicted molar refractivity (Wildman–Crippen MR) is 122 cm³/mol. The lowest BCUT2D eigenvalue weighted by Crippen LogP contribution is -2.64. The average Bonchev–Trinajstić information content (AvgIpc) is 3.30. The third kappa shape index (κ3) is 2.90. The molecule has 0 radical (unpaired) electrons. The number of Topliss-reactive ketones (excluding diaryl/α,β-unsaturated/α-hetero) is 1. The third-order valence-electron chi connectivity index (χ3n) is 10.1. The highest BCUT2D eigenvalue weighted by molar-refractivity contribution is 5.95. The fourth-order valence-corrected chi connectivity index (χ4v) is 8.00. The van der Waals surface area contributed by atoms with Crippen molar-refractivity contribution in [2.24, 2.45) is 34.0 Å². The van der Waals surface area contributed by atoms with Crippen molar-refractivity contribution < 1.29 is 29.6 Å². The molecule has 6 nitrogen and oxygen atoms in total. The van der Waals surface area contributed by atoms with Crippen LogP contribution in [0.1, 0.15) is 72.6 Å². The van der Waals surface area contributed by atoms with Gasteiger partial charge in [-0.1, -0.05) is 45.3 Å². The summed E-state index contributed by atoms with van der Waals surface area (Å²) in [7, 11) is 0. The molecule has 0 saturated heterocycles. The Morgan fingerprint density at radius 2 is 1.82 bits per heavy atom. The molecule has 7 atom stereocenters. The van der Waals surface area contributed by atoms with Crippen LogP contribution in [0.15, 0.2) is 23.3 Å². The highest BCUT2D eigenvalue weighted by Gasteiger charge is 2.74. The van der Waals surface area contributed by atoms with Crippen molar-refractivity contribution in [1.82, 2.24) is 0 Å². The second kappa shape index (κ2) is 7.25. The molecule has 5 aliphatic carbocycles. The smallest absolute Gasteiger partial charge is 0.312 e. The minimum absolute atomic E-state index is 0.00517. The quantitative estimate of drug-likeness (QED) is 0.444. The van der Waals surface area contributed by atoms with E-state index in [2.05, 4.69) is 13.8 Å². The fraction of sp³-hybridized carbons (Fsp3) is 0.778. The zero-order chi connectivity index (χ0) is 24.0. The van der Waals surface area contributed by atoms with E-state index in [9.17, 15) is 24.9 Å². The van der Waals surface area contributed by atoms with Gasteiger partial charge in [0, 0.05) is 5.92 Å². The Kier molecular flexibility index (Phi) is 5.11. The molecule has 0 aliphatic heterocycles. The van der Waals surface area contributed by atoms with E-state index in [1.165, 1.54) is 0 Å². The SMILES string of the molecule is CC1=C[C@@]23CC[C@@H]4[C@H]([C@H](C=C(CO)[C@@H](O)[C@]2(O)[C@H]1OC(=O)C1(C)CCCCC1)C3=O)C4(C)C. The molecule has 182 valence electrons. The number of aliphatic hydroxyl groups is 3. The third-order valence-corrected chi connectivity index (χ3v) is 10.1. The van der Waals surface area contributed by atoms with Crippen molar-refractivity contribution in [3.63, 3.8) is 0 Å². The number of carbonyl (C=O) groups is 2. The van der Waals surface area contributed by atoms with Crippen LogP contribution in [0.25, 0.3) is 0 Å². The maximum atomic E-state index is 14.1. The summed E-state index contributed by atoms with van der Waals surface area (Å²) in [4.78, 5) is 27.5. The number of hydrogen-bond acceptors (Lipinski definition) is 6. The van der Waals surface area contributed by atoms with E-state index in [-0.39, 0.29) is 28.7 Å². The number of ether oxygens (including phenoxy) is 1. The lowest BCUT2D eigenvalue weighted by Gasteiger charge is -2.46.